The predicted octanol–water partition coefficient (Wildman–Crippen LogP) is 3.87. The van der Waals surface area contributed by atoms with Gasteiger partial charge in [0.15, 0.2) is 10.9 Å². The fraction of sp³-hybridized carbons (Fsp3) is 0.391. The first-order valence-corrected chi connectivity index (χ1v) is 12.0. The van der Waals surface area contributed by atoms with Crippen molar-refractivity contribution in [1.29, 1.82) is 0 Å². The molecule has 0 spiro atoms. The minimum absolute atomic E-state index is 0.0303. The Labute approximate surface area is 201 Å². The molecule has 3 aromatic heterocycles. The summed E-state index contributed by atoms with van der Waals surface area (Å²) in [4.78, 5) is 13.5. The highest BCUT2D eigenvalue weighted by Crippen LogP contribution is 2.37. The largest absolute Gasteiger partial charge is 0.494 e. The maximum atomic E-state index is 10.3. The zero-order valence-corrected chi connectivity index (χ0v) is 19.9. The Morgan fingerprint density at radius 3 is 2.88 bits per heavy atom. The topological polar surface area (TPSA) is 119 Å². The van der Waals surface area contributed by atoms with Crippen LogP contribution in [0.2, 0.25) is 0 Å². The summed E-state index contributed by atoms with van der Waals surface area (Å²) >= 11 is 1.53. The van der Waals surface area contributed by atoms with Crippen LogP contribution >= 0.6 is 11.3 Å². The lowest BCUT2D eigenvalue weighted by molar-refractivity contribution is 0.116. The molecule has 1 saturated carbocycles. The molecule has 178 valence electrons. The summed E-state index contributed by atoms with van der Waals surface area (Å²) in [6.45, 7) is 0.270. The molecular weight excluding hydrogens is 454 g/mol. The molecule has 11 heteroatoms. The van der Waals surface area contributed by atoms with Gasteiger partial charge in [0.05, 0.1) is 29.6 Å². The van der Waals surface area contributed by atoms with Gasteiger partial charge >= 0.3 is 0 Å². The molecule has 10 nitrogen and oxygen atoms in total. The first kappa shape index (κ1) is 22.4. The smallest absolute Gasteiger partial charge is 0.228 e. The summed E-state index contributed by atoms with van der Waals surface area (Å²) < 4.78 is 14.3. The summed E-state index contributed by atoms with van der Waals surface area (Å²) in [7, 11) is 3.47. The second kappa shape index (κ2) is 9.82. The zero-order valence-electron chi connectivity index (χ0n) is 19.1. The Morgan fingerprint density at radius 2 is 2.09 bits per heavy atom. The number of fused-ring (bicyclic) bond motifs is 1. The van der Waals surface area contributed by atoms with Crippen molar-refractivity contribution in [1.82, 2.24) is 24.7 Å². The van der Waals surface area contributed by atoms with Crippen LogP contribution in [0.4, 0.5) is 16.9 Å². The summed E-state index contributed by atoms with van der Waals surface area (Å²) in [5.41, 5.74) is 1.50. The fourth-order valence-electron chi connectivity index (χ4n) is 4.00. The molecule has 5 rings (SSSR count). The lowest BCUT2D eigenvalue weighted by Crippen LogP contribution is -2.36. The van der Waals surface area contributed by atoms with Gasteiger partial charge in [-0.15, -0.1) is 0 Å². The van der Waals surface area contributed by atoms with Crippen LogP contribution in [-0.2, 0) is 13.7 Å². The van der Waals surface area contributed by atoms with Crippen molar-refractivity contribution in [2.75, 3.05) is 17.7 Å². The Morgan fingerprint density at radius 1 is 1.21 bits per heavy atom. The molecule has 3 heterocycles. The summed E-state index contributed by atoms with van der Waals surface area (Å²) in [5, 5.41) is 21.8. The molecule has 1 aliphatic carbocycles. The quantitative estimate of drug-likeness (QED) is 0.344. The van der Waals surface area contributed by atoms with Gasteiger partial charge in [-0.1, -0.05) is 24.2 Å². The van der Waals surface area contributed by atoms with Crippen molar-refractivity contribution < 1.29 is 14.6 Å². The molecular formula is C23H27N7O3S. The Bertz CT molecular complexity index is 1270. The first-order valence-electron chi connectivity index (χ1n) is 11.2. The van der Waals surface area contributed by atoms with Crippen LogP contribution < -0.4 is 20.1 Å². The SMILES string of the molecule is COc1cc(OCc2ccnc(Nc3ccn(C)n3)n2)cc2sc(NC3CCCC[C@@H]3O)nc12. The minimum Gasteiger partial charge on any atom is -0.494 e. The second-order valence-corrected chi connectivity index (χ2v) is 9.28. The van der Waals surface area contributed by atoms with E-state index >= 15 is 0 Å². The number of thiazole rings is 1. The molecule has 0 bridgehead atoms. The van der Waals surface area contributed by atoms with Crippen LogP contribution in [0.25, 0.3) is 10.2 Å². The van der Waals surface area contributed by atoms with Crippen LogP contribution in [-0.4, -0.2) is 49.1 Å². The number of hydrogen-bond acceptors (Lipinski definition) is 10. The van der Waals surface area contributed by atoms with Crippen LogP contribution in [0.5, 0.6) is 11.5 Å². The van der Waals surface area contributed by atoms with E-state index in [2.05, 4.69) is 25.7 Å². The van der Waals surface area contributed by atoms with Crippen LogP contribution in [0.1, 0.15) is 31.4 Å². The monoisotopic (exact) mass is 481 g/mol. The first-order chi connectivity index (χ1) is 16.6. The normalized spacial score (nSPS) is 18.1. The van der Waals surface area contributed by atoms with Gasteiger partial charge in [0.1, 0.15) is 23.6 Å². The van der Waals surface area contributed by atoms with Crippen LogP contribution in [0.3, 0.4) is 0 Å². The number of hydrogen-bond donors (Lipinski definition) is 3. The highest BCUT2D eigenvalue weighted by atomic mass is 32.1. The molecule has 1 fully saturated rings. The Kier molecular flexibility index (Phi) is 6.45. The molecule has 0 aliphatic heterocycles. The molecule has 2 atom stereocenters. The average Bonchev–Trinajstić information content (AvgIpc) is 3.44. The number of aryl methyl sites for hydroxylation is 1. The third-order valence-corrected chi connectivity index (χ3v) is 6.68. The van der Waals surface area contributed by atoms with Gasteiger partial charge < -0.3 is 25.2 Å². The molecule has 34 heavy (non-hydrogen) atoms. The van der Waals surface area contributed by atoms with E-state index in [0.29, 0.717) is 23.3 Å². The number of ether oxygens (including phenoxy) is 2. The van der Waals surface area contributed by atoms with E-state index in [9.17, 15) is 5.11 Å². The number of rotatable bonds is 8. The van der Waals surface area contributed by atoms with Gasteiger partial charge in [-0.2, -0.15) is 5.10 Å². The molecule has 0 amide bonds. The van der Waals surface area contributed by atoms with E-state index in [1.807, 2.05) is 37.5 Å². The Hall–Kier alpha value is -3.44. The second-order valence-electron chi connectivity index (χ2n) is 8.25. The third-order valence-electron chi connectivity index (χ3n) is 5.75. The lowest BCUT2D eigenvalue weighted by atomic mass is 9.93. The van der Waals surface area contributed by atoms with Crippen molar-refractivity contribution in [3.05, 3.63) is 42.4 Å². The highest BCUT2D eigenvalue weighted by Gasteiger charge is 2.24. The minimum atomic E-state index is -0.341. The number of aromatic nitrogens is 5. The van der Waals surface area contributed by atoms with Crippen molar-refractivity contribution >= 4 is 38.5 Å². The average molecular weight is 482 g/mol. The number of anilines is 3. The molecule has 0 saturated heterocycles. The standard InChI is InChI=1S/C23H27N7O3S/c1-30-10-8-20(29-30)27-22-24-9-7-14(25-22)13-33-15-11-18(32-2)21-19(12-15)34-23(28-21)26-16-5-3-4-6-17(16)31/h7-12,16-17,31H,3-6,13H2,1-2H3,(H,26,28)(H,24,25,27,29)/t16?,17-/m0/s1. The number of aliphatic hydroxyl groups excluding tert-OH is 1. The lowest BCUT2D eigenvalue weighted by Gasteiger charge is -2.27. The van der Waals surface area contributed by atoms with Gasteiger partial charge in [-0.3, -0.25) is 4.68 Å². The summed E-state index contributed by atoms with van der Waals surface area (Å²) in [5.74, 6) is 2.43. The number of benzene rings is 1. The maximum Gasteiger partial charge on any atom is 0.228 e. The highest BCUT2D eigenvalue weighted by molar-refractivity contribution is 7.22. The van der Waals surface area contributed by atoms with E-state index in [0.717, 1.165) is 46.7 Å². The van der Waals surface area contributed by atoms with E-state index in [-0.39, 0.29) is 18.8 Å². The van der Waals surface area contributed by atoms with Gasteiger partial charge in [0, 0.05) is 31.6 Å². The van der Waals surface area contributed by atoms with Crippen LogP contribution in [0, 0.1) is 0 Å². The zero-order chi connectivity index (χ0) is 23.5. The van der Waals surface area contributed by atoms with E-state index < -0.39 is 0 Å². The van der Waals surface area contributed by atoms with Gasteiger partial charge in [0.25, 0.3) is 0 Å². The molecule has 4 aromatic rings. The van der Waals surface area contributed by atoms with Crippen molar-refractivity contribution in [3.8, 4) is 11.5 Å². The molecule has 3 N–H and O–H groups in total. The van der Waals surface area contributed by atoms with Gasteiger partial charge in [-0.05, 0) is 25.0 Å². The summed E-state index contributed by atoms with van der Waals surface area (Å²) in [6, 6.07) is 7.47. The molecule has 1 aliphatic rings. The molecule has 1 aromatic carbocycles. The third kappa shape index (κ3) is 5.05. The van der Waals surface area contributed by atoms with Crippen molar-refractivity contribution in [2.45, 2.75) is 44.4 Å². The fourth-order valence-corrected chi connectivity index (χ4v) is 4.98. The van der Waals surface area contributed by atoms with E-state index in [1.54, 1.807) is 18.0 Å². The van der Waals surface area contributed by atoms with Gasteiger partial charge in [0.2, 0.25) is 5.95 Å². The number of nitrogens with one attached hydrogen (secondary N) is 2. The number of nitrogens with zero attached hydrogens (tertiary/aromatic N) is 5. The molecule has 1 unspecified atom stereocenters. The van der Waals surface area contributed by atoms with E-state index in [1.165, 1.54) is 11.3 Å². The van der Waals surface area contributed by atoms with Crippen molar-refractivity contribution in [3.63, 3.8) is 0 Å². The van der Waals surface area contributed by atoms with Crippen LogP contribution in [0.15, 0.2) is 36.7 Å². The summed E-state index contributed by atoms with van der Waals surface area (Å²) in [6.07, 6.45) is 7.14. The molecule has 0 radical (unpaired) electrons. The number of methoxy groups -OCH3 is 1. The van der Waals surface area contributed by atoms with Crippen molar-refractivity contribution in [2.24, 2.45) is 7.05 Å². The maximum absolute atomic E-state index is 10.3. The van der Waals surface area contributed by atoms with Gasteiger partial charge in [-0.25, -0.2) is 15.0 Å². The predicted molar refractivity (Wildman–Crippen MR) is 131 cm³/mol. The number of aliphatic hydroxyl groups is 1. The van der Waals surface area contributed by atoms with E-state index in [4.69, 9.17) is 14.5 Å². The Balaban J connectivity index is 1.29.